The molecule has 0 unspecified atom stereocenters. The zero-order chi connectivity index (χ0) is 21.5. The van der Waals surface area contributed by atoms with E-state index in [1.807, 2.05) is 52.0 Å². The summed E-state index contributed by atoms with van der Waals surface area (Å²) in [5.41, 5.74) is 4.62. The molecule has 0 aliphatic heterocycles. The Morgan fingerprint density at radius 2 is 1.57 bits per heavy atom. The summed E-state index contributed by atoms with van der Waals surface area (Å²) < 4.78 is 11.5. The Labute approximate surface area is 177 Å². The largest absolute Gasteiger partial charge is 0.493 e. The van der Waals surface area contributed by atoms with Crippen molar-refractivity contribution in [3.8, 4) is 17.5 Å². The number of hydrogen-bond acceptors (Lipinski definition) is 5. The van der Waals surface area contributed by atoms with Gasteiger partial charge in [0.25, 0.3) is 0 Å². The monoisotopic (exact) mass is 405 g/mol. The summed E-state index contributed by atoms with van der Waals surface area (Å²) in [6.07, 6.45) is 1.03. The van der Waals surface area contributed by atoms with Gasteiger partial charge in [0.15, 0.2) is 0 Å². The molecule has 0 saturated heterocycles. The predicted octanol–water partition coefficient (Wildman–Crippen LogP) is 5.30. The van der Waals surface area contributed by atoms with Gasteiger partial charge in [-0.1, -0.05) is 18.2 Å². The fourth-order valence-corrected chi connectivity index (χ4v) is 3.11. The van der Waals surface area contributed by atoms with Crippen molar-refractivity contribution in [3.05, 3.63) is 71.0 Å². The molecule has 2 aromatic carbocycles. The number of rotatable bonds is 8. The highest BCUT2D eigenvalue weighted by molar-refractivity contribution is 5.90. The number of anilines is 1. The number of aryl methyl sites for hydroxylation is 4. The molecule has 6 nitrogen and oxygen atoms in total. The molecule has 0 atom stereocenters. The number of carbonyl (C=O) groups is 1. The van der Waals surface area contributed by atoms with E-state index in [4.69, 9.17) is 9.47 Å². The number of hydrogen-bond donors (Lipinski definition) is 1. The third-order valence-electron chi connectivity index (χ3n) is 4.51. The van der Waals surface area contributed by atoms with Crippen molar-refractivity contribution in [1.29, 1.82) is 0 Å². The SMILES string of the molecule is Cc1cc(C)nc(Oc2ccc(NC(=O)CCCOc3c(C)cccc3C)cc2)n1. The number of para-hydroxylation sites is 1. The number of benzene rings is 2. The molecular weight excluding hydrogens is 378 g/mol. The van der Waals surface area contributed by atoms with E-state index in [2.05, 4.69) is 15.3 Å². The van der Waals surface area contributed by atoms with Crippen molar-refractivity contribution in [2.24, 2.45) is 0 Å². The molecule has 1 amide bonds. The van der Waals surface area contributed by atoms with Crippen molar-refractivity contribution < 1.29 is 14.3 Å². The first kappa shape index (κ1) is 21.3. The Hall–Kier alpha value is -3.41. The van der Waals surface area contributed by atoms with Gasteiger partial charge >= 0.3 is 6.01 Å². The van der Waals surface area contributed by atoms with Crippen LogP contribution < -0.4 is 14.8 Å². The second-order valence-corrected chi connectivity index (χ2v) is 7.28. The van der Waals surface area contributed by atoms with Crippen LogP contribution in [-0.4, -0.2) is 22.5 Å². The average Bonchev–Trinajstić information content (AvgIpc) is 2.68. The lowest BCUT2D eigenvalue weighted by molar-refractivity contribution is -0.116. The molecule has 156 valence electrons. The maximum Gasteiger partial charge on any atom is 0.322 e. The molecule has 3 aromatic rings. The fraction of sp³-hybridized carbons (Fsp3) is 0.292. The van der Waals surface area contributed by atoms with E-state index in [0.29, 0.717) is 36.9 Å². The van der Waals surface area contributed by atoms with Gasteiger partial charge in [0.05, 0.1) is 6.61 Å². The van der Waals surface area contributed by atoms with Crippen molar-refractivity contribution >= 4 is 11.6 Å². The lowest BCUT2D eigenvalue weighted by Crippen LogP contribution is -2.13. The predicted molar refractivity (Wildman–Crippen MR) is 117 cm³/mol. The van der Waals surface area contributed by atoms with Crippen molar-refractivity contribution in [2.75, 3.05) is 11.9 Å². The molecular formula is C24H27N3O3. The molecule has 1 aromatic heterocycles. The average molecular weight is 405 g/mol. The standard InChI is InChI=1S/C24H27N3O3/c1-16-7-5-8-17(2)23(16)29-14-6-9-22(28)27-20-10-12-21(13-11-20)30-24-25-18(3)15-19(4)26-24/h5,7-8,10-13,15H,6,9,14H2,1-4H3,(H,27,28). The zero-order valence-corrected chi connectivity index (χ0v) is 17.9. The van der Waals surface area contributed by atoms with Crippen LogP contribution in [0.2, 0.25) is 0 Å². The van der Waals surface area contributed by atoms with Gasteiger partial charge in [0, 0.05) is 23.5 Å². The molecule has 0 radical (unpaired) electrons. The molecule has 6 heteroatoms. The van der Waals surface area contributed by atoms with Crippen molar-refractivity contribution in [3.63, 3.8) is 0 Å². The summed E-state index contributed by atoms with van der Waals surface area (Å²) >= 11 is 0. The van der Waals surface area contributed by atoms with E-state index < -0.39 is 0 Å². The third-order valence-corrected chi connectivity index (χ3v) is 4.51. The Kier molecular flexibility index (Phi) is 7.01. The summed E-state index contributed by atoms with van der Waals surface area (Å²) in [6.45, 7) is 8.34. The lowest BCUT2D eigenvalue weighted by atomic mass is 10.1. The van der Waals surface area contributed by atoms with Gasteiger partial charge in [-0.15, -0.1) is 0 Å². The summed E-state index contributed by atoms with van der Waals surface area (Å²) in [4.78, 5) is 20.7. The number of nitrogens with one attached hydrogen (secondary N) is 1. The van der Waals surface area contributed by atoms with Gasteiger partial charge in [0.2, 0.25) is 5.91 Å². The first-order valence-electron chi connectivity index (χ1n) is 10.00. The minimum atomic E-state index is -0.0496. The fourth-order valence-electron chi connectivity index (χ4n) is 3.11. The maximum atomic E-state index is 12.2. The van der Waals surface area contributed by atoms with Crippen LogP contribution in [0.25, 0.3) is 0 Å². The van der Waals surface area contributed by atoms with Crippen LogP contribution in [0.15, 0.2) is 48.5 Å². The highest BCUT2D eigenvalue weighted by Crippen LogP contribution is 2.23. The molecule has 30 heavy (non-hydrogen) atoms. The van der Waals surface area contributed by atoms with Gasteiger partial charge in [0.1, 0.15) is 11.5 Å². The van der Waals surface area contributed by atoms with Gasteiger partial charge in [-0.3, -0.25) is 4.79 Å². The van der Waals surface area contributed by atoms with Gasteiger partial charge < -0.3 is 14.8 Å². The first-order chi connectivity index (χ1) is 14.4. The molecule has 0 aliphatic rings. The van der Waals surface area contributed by atoms with Crippen LogP contribution in [0.1, 0.15) is 35.4 Å². The molecule has 0 spiro atoms. The van der Waals surface area contributed by atoms with E-state index >= 15 is 0 Å². The normalized spacial score (nSPS) is 10.5. The number of amides is 1. The zero-order valence-electron chi connectivity index (χ0n) is 17.9. The topological polar surface area (TPSA) is 73.3 Å². The molecule has 0 saturated carbocycles. The van der Waals surface area contributed by atoms with Crippen LogP contribution in [0.4, 0.5) is 5.69 Å². The second kappa shape index (κ2) is 9.87. The Balaban J connectivity index is 1.45. The lowest BCUT2D eigenvalue weighted by Gasteiger charge is -2.12. The summed E-state index contributed by atoms with van der Waals surface area (Å²) in [7, 11) is 0. The quantitative estimate of drug-likeness (QED) is 0.515. The number of aromatic nitrogens is 2. The number of ether oxygens (including phenoxy) is 2. The number of carbonyl (C=O) groups excluding carboxylic acids is 1. The Bertz CT molecular complexity index is 976. The van der Waals surface area contributed by atoms with E-state index in [0.717, 1.165) is 28.3 Å². The highest BCUT2D eigenvalue weighted by atomic mass is 16.5. The van der Waals surface area contributed by atoms with Crippen molar-refractivity contribution in [1.82, 2.24) is 9.97 Å². The van der Waals surface area contributed by atoms with Crippen LogP contribution in [0.5, 0.6) is 17.5 Å². The minimum Gasteiger partial charge on any atom is -0.493 e. The molecule has 0 bridgehead atoms. The summed E-state index contributed by atoms with van der Waals surface area (Å²) in [5.74, 6) is 1.47. The molecule has 0 fully saturated rings. The minimum absolute atomic E-state index is 0.0496. The van der Waals surface area contributed by atoms with Gasteiger partial charge in [-0.25, -0.2) is 9.97 Å². The number of nitrogens with zero attached hydrogens (tertiary/aromatic N) is 2. The summed E-state index contributed by atoms with van der Waals surface area (Å²) in [5, 5.41) is 2.89. The maximum absolute atomic E-state index is 12.2. The van der Waals surface area contributed by atoms with Crippen LogP contribution >= 0.6 is 0 Å². The van der Waals surface area contributed by atoms with Crippen LogP contribution in [0.3, 0.4) is 0 Å². The second-order valence-electron chi connectivity index (χ2n) is 7.28. The summed E-state index contributed by atoms with van der Waals surface area (Å²) in [6, 6.07) is 15.4. The van der Waals surface area contributed by atoms with E-state index in [1.54, 1.807) is 24.3 Å². The molecule has 1 heterocycles. The van der Waals surface area contributed by atoms with E-state index in [9.17, 15) is 4.79 Å². The Morgan fingerprint density at radius 3 is 2.20 bits per heavy atom. The molecule has 3 rings (SSSR count). The first-order valence-corrected chi connectivity index (χ1v) is 10.00. The third kappa shape index (κ3) is 6.04. The van der Waals surface area contributed by atoms with Crippen LogP contribution in [0, 0.1) is 27.7 Å². The smallest absolute Gasteiger partial charge is 0.322 e. The van der Waals surface area contributed by atoms with E-state index in [-0.39, 0.29) is 5.91 Å². The van der Waals surface area contributed by atoms with Crippen molar-refractivity contribution in [2.45, 2.75) is 40.5 Å². The van der Waals surface area contributed by atoms with E-state index in [1.165, 1.54) is 0 Å². The molecule has 1 N–H and O–H groups in total. The van der Waals surface area contributed by atoms with Crippen LogP contribution in [-0.2, 0) is 4.79 Å². The van der Waals surface area contributed by atoms with Gasteiger partial charge in [-0.05, 0) is 75.6 Å². The highest BCUT2D eigenvalue weighted by Gasteiger charge is 2.07. The Morgan fingerprint density at radius 1 is 0.933 bits per heavy atom. The van der Waals surface area contributed by atoms with Gasteiger partial charge in [-0.2, -0.15) is 0 Å². The molecule has 0 aliphatic carbocycles.